The Morgan fingerprint density at radius 3 is 2.69 bits per heavy atom. The Morgan fingerprint density at radius 2 is 1.93 bits per heavy atom. The topological polar surface area (TPSA) is 76.7 Å². The molecule has 0 amide bonds. The Morgan fingerprint density at radius 1 is 1.14 bits per heavy atom. The van der Waals surface area contributed by atoms with E-state index >= 15 is 0 Å². The summed E-state index contributed by atoms with van der Waals surface area (Å²) in [6.07, 6.45) is 5.20. The van der Waals surface area contributed by atoms with E-state index in [0.29, 0.717) is 33.5 Å². The van der Waals surface area contributed by atoms with Crippen molar-refractivity contribution in [1.29, 1.82) is 0 Å². The second-order valence-corrected chi connectivity index (χ2v) is 8.15. The fraction of sp³-hybridized carbons (Fsp3) is 0.381. The minimum atomic E-state index is -0.384. The van der Waals surface area contributed by atoms with E-state index in [1.54, 1.807) is 36.5 Å². The Labute approximate surface area is 179 Å². The van der Waals surface area contributed by atoms with Crippen molar-refractivity contribution in [2.24, 2.45) is 0 Å². The average molecular weight is 433 g/mol. The lowest BCUT2D eigenvalue weighted by atomic mass is 10.1. The number of carbonyl (C=O) groups excluding carboxylic acids is 2. The van der Waals surface area contributed by atoms with Crippen LogP contribution in [0.25, 0.3) is 0 Å². The molecule has 8 heteroatoms. The summed E-state index contributed by atoms with van der Waals surface area (Å²) < 4.78 is 10.0. The van der Waals surface area contributed by atoms with Crippen molar-refractivity contribution in [3.63, 3.8) is 0 Å². The van der Waals surface area contributed by atoms with Crippen LogP contribution in [0.5, 0.6) is 0 Å². The molecule has 0 spiro atoms. The third-order valence-electron chi connectivity index (χ3n) is 4.67. The summed E-state index contributed by atoms with van der Waals surface area (Å²) in [5, 5.41) is 7.26. The lowest BCUT2D eigenvalue weighted by Crippen LogP contribution is -2.20. The molecule has 0 saturated carbocycles. The van der Waals surface area contributed by atoms with Crippen molar-refractivity contribution in [3.05, 3.63) is 45.8 Å². The van der Waals surface area contributed by atoms with Gasteiger partial charge in [0.05, 0.1) is 24.8 Å². The highest BCUT2D eigenvalue weighted by atomic mass is 32.1. The van der Waals surface area contributed by atoms with E-state index in [-0.39, 0.29) is 11.9 Å². The van der Waals surface area contributed by atoms with Gasteiger partial charge in [0.25, 0.3) is 0 Å². The fourth-order valence-electron chi connectivity index (χ4n) is 3.35. The van der Waals surface area contributed by atoms with E-state index in [2.05, 4.69) is 10.6 Å². The minimum Gasteiger partial charge on any atom is -0.465 e. The SMILES string of the molecule is CCOC(=O)c1cccc(NC(=S)Nc2sc3c(c2C(=O)OC)CCCCC3)c1. The van der Waals surface area contributed by atoms with Gasteiger partial charge < -0.3 is 20.1 Å². The van der Waals surface area contributed by atoms with Gasteiger partial charge in [-0.3, -0.25) is 0 Å². The molecule has 3 rings (SSSR count). The molecule has 1 heterocycles. The number of benzene rings is 1. The number of fused-ring (bicyclic) bond motifs is 1. The van der Waals surface area contributed by atoms with Crippen molar-refractivity contribution < 1.29 is 19.1 Å². The zero-order valence-corrected chi connectivity index (χ0v) is 18.1. The molecule has 0 fully saturated rings. The number of thiocarbonyl (C=S) groups is 1. The molecular formula is C21H24N2O4S2. The van der Waals surface area contributed by atoms with Gasteiger partial charge in [-0.2, -0.15) is 0 Å². The smallest absolute Gasteiger partial charge is 0.341 e. The first-order valence-electron chi connectivity index (χ1n) is 9.61. The zero-order valence-electron chi connectivity index (χ0n) is 16.5. The minimum absolute atomic E-state index is 0.315. The van der Waals surface area contributed by atoms with E-state index in [1.165, 1.54) is 18.4 Å². The number of hydrogen-bond acceptors (Lipinski definition) is 6. The number of anilines is 2. The van der Waals surface area contributed by atoms with Crippen molar-refractivity contribution >= 4 is 51.3 Å². The molecule has 29 heavy (non-hydrogen) atoms. The third kappa shape index (κ3) is 5.13. The number of methoxy groups -OCH3 is 1. The van der Waals surface area contributed by atoms with Gasteiger partial charge in [0, 0.05) is 10.6 Å². The molecule has 0 atom stereocenters. The van der Waals surface area contributed by atoms with Gasteiger partial charge in [0.1, 0.15) is 5.00 Å². The van der Waals surface area contributed by atoms with Crippen LogP contribution in [0.1, 0.15) is 57.3 Å². The largest absolute Gasteiger partial charge is 0.465 e. The van der Waals surface area contributed by atoms with Gasteiger partial charge in [-0.25, -0.2) is 9.59 Å². The summed E-state index contributed by atoms with van der Waals surface area (Å²) in [4.78, 5) is 25.6. The van der Waals surface area contributed by atoms with Crippen LogP contribution < -0.4 is 10.6 Å². The number of rotatable bonds is 5. The summed E-state index contributed by atoms with van der Waals surface area (Å²) in [5.74, 6) is -0.732. The quantitative estimate of drug-likeness (QED) is 0.400. The van der Waals surface area contributed by atoms with Crippen molar-refractivity contribution in [2.75, 3.05) is 24.4 Å². The second kappa shape index (κ2) is 9.84. The van der Waals surface area contributed by atoms with Gasteiger partial charge in [0.15, 0.2) is 5.11 Å². The first-order valence-corrected chi connectivity index (χ1v) is 10.8. The molecule has 6 nitrogen and oxygen atoms in total. The lowest BCUT2D eigenvalue weighted by Gasteiger charge is -2.12. The van der Waals surface area contributed by atoms with Gasteiger partial charge >= 0.3 is 11.9 Å². The summed E-state index contributed by atoms with van der Waals surface area (Å²) in [6, 6.07) is 6.92. The van der Waals surface area contributed by atoms with Crippen LogP contribution in [0.4, 0.5) is 10.7 Å². The number of esters is 2. The first kappa shape index (κ1) is 21.3. The van der Waals surface area contributed by atoms with E-state index in [4.69, 9.17) is 21.7 Å². The number of ether oxygens (including phenoxy) is 2. The molecule has 1 aliphatic rings. The van der Waals surface area contributed by atoms with E-state index in [0.717, 1.165) is 31.2 Å². The normalized spacial score (nSPS) is 13.0. The maximum atomic E-state index is 12.4. The summed E-state index contributed by atoms with van der Waals surface area (Å²) >= 11 is 7.00. The zero-order chi connectivity index (χ0) is 20.8. The molecule has 2 aromatic rings. The molecule has 1 aromatic heterocycles. The van der Waals surface area contributed by atoms with Crippen LogP contribution >= 0.6 is 23.6 Å². The Kier molecular flexibility index (Phi) is 7.22. The molecule has 0 saturated heterocycles. The van der Waals surface area contributed by atoms with Crippen molar-refractivity contribution in [2.45, 2.75) is 39.0 Å². The molecule has 1 aliphatic carbocycles. The van der Waals surface area contributed by atoms with Crippen LogP contribution in [0.3, 0.4) is 0 Å². The molecule has 154 valence electrons. The number of nitrogens with one attached hydrogen (secondary N) is 2. The second-order valence-electron chi connectivity index (χ2n) is 6.64. The Hall–Kier alpha value is -2.45. The number of hydrogen-bond donors (Lipinski definition) is 2. The van der Waals surface area contributed by atoms with E-state index in [1.807, 2.05) is 6.07 Å². The Balaban J connectivity index is 1.78. The highest BCUT2D eigenvalue weighted by molar-refractivity contribution is 7.80. The number of thiophene rings is 1. The lowest BCUT2D eigenvalue weighted by molar-refractivity contribution is 0.0525. The maximum Gasteiger partial charge on any atom is 0.341 e. The Bertz CT molecular complexity index is 923. The number of carbonyl (C=O) groups is 2. The van der Waals surface area contributed by atoms with Crippen LogP contribution in [0, 0.1) is 0 Å². The van der Waals surface area contributed by atoms with Gasteiger partial charge in [0.2, 0.25) is 0 Å². The maximum absolute atomic E-state index is 12.4. The number of aryl methyl sites for hydroxylation is 1. The first-order chi connectivity index (χ1) is 14.0. The monoisotopic (exact) mass is 432 g/mol. The molecule has 0 bridgehead atoms. The van der Waals surface area contributed by atoms with Crippen LogP contribution in [0.15, 0.2) is 24.3 Å². The highest BCUT2D eigenvalue weighted by Gasteiger charge is 2.25. The third-order valence-corrected chi connectivity index (χ3v) is 6.08. The predicted molar refractivity (Wildman–Crippen MR) is 119 cm³/mol. The van der Waals surface area contributed by atoms with Crippen LogP contribution in [-0.2, 0) is 22.3 Å². The van der Waals surface area contributed by atoms with Crippen molar-refractivity contribution in [1.82, 2.24) is 0 Å². The molecule has 0 radical (unpaired) electrons. The van der Waals surface area contributed by atoms with Gasteiger partial charge in [-0.15, -0.1) is 11.3 Å². The molecule has 0 unspecified atom stereocenters. The van der Waals surface area contributed by atoms with E-state index in [9.17, 15) is 9.59 Å². The average Bonchev–Trinajstić information content (AvgIpc) is 2.88. The fourth-order valence-corrected chi connectivity index (χ4v) is 4.92. The summed E-state index contributed by atoms with van der Waals surface area (Å²) in [5.41, 5.74) is 2.76. The molecule has 2 N–H and O–H groups in total. The van der Waals surface area contributed by atoms with Gasteiger partial charge in [-0.1, -0.05) is 12.5 Å². The van der Waals surface area contributed by atoms with Crippen molar-refractivity contribution in [3.8, 4) is 0 Å². The van der Waals surface area contributed by atoms with Crippen LogP contribution in [0.2, 0.25) is 0 Å². The van der Waals surface area contributed by atoms with Crippen LogP contribution in [-0.4, -0.2) is 30.8 Å². The molecular weight excluding hydrogens is 408 g/mol. The van der Waals surface area contributed by atoms with Gasteiger partial charge in [-0.05, 0) is 68.6 Å². The highest BCUT2D eigenvalue weighted by Crippen LogP contribution is 2.38. The standard InChI is InChI=1S/C21H24N2O4S2/c1-3-27-19(24)13-8-7-9-14(12-13)22-21(28)23-18-17(20(25)26-2)15-10-5-4-6-11-16(15)29-18/h7-9,12H,3-6,10-11H2,1-2H3,(H2,22,23,28). The molecule has 0 aliphatic heterocycles. The summed E-state index contributed by atoms with van der Waals surface area (Å²) in [6.45, 7) is 2.08. The summed E-state index contributed by atoms with van der Waals surface area (Å²) in [7, 11) is 1.39. The molecule has 1 aromatic carbocycles. The van der Waals surface area contributed by atoms with E-state index < -0.39 is 0 Å². The predicted octanol–water partition coefficient (Wildman–Crippen LogP) is 4.79.